The molecule has 0 saturated carbocycles. The third-order valence-electron chi connectivity index (χ3n) is 3.21. The highest BCUT2D eigenvalue weighted by Crippen LogP contribution is 2.21. The lowest BCUT2D eigenvalue weighted by Crippen LogP contribution is -2.50. The van der Waals surface area contributed by atoms with Gasteiger partial charge in [-0.15, -0.1) is 0 Å². The van der Waals surface area contributed by atoms with Gasteiger partial charge in [0.25, 0.3) is 0 Å². The van der Waals surface area contributed by atoms with Gasteiger partial charge < -0.3 is 9.84 Å². The fourth-order valence-corrected chi connectivity index (χ4v) is 4.12. The molecule has 1 heterocycles. The number of hydrogen-bond donors (Lipinski definition) is 1. The summed E-state index contributed by atoms with van der Waals surface area (Å²) < 4.78 is 32.0. The van der Waals surface area contributed by atoms with E-state index in [1.165, 1.54) is 4.31 Å². The van der Waals surface area contributed by atoms with E-state index in [4.69, 9.17) is 4.74 Å². The Hall–Kier alpha value is -0.470. The summed E-state index contributed by atoms with van der Waals surface area (Å²) in [4.78, 5) is 0.271. The van der Waals surface area contributed by atoms with Crippen molar-refractivity contribution in [2.75, 3.05) is 19.7 Å². The first-order valence-corrected chi connectivity index (χ1v) is 8.95. The minimum Gasteiger partial charge on any atom is -0.394 e. The van der Waals surface area contributed by atoms with Crippen LogP contribution >= 0.6 is 15.9 Å². The molecule has 112 valence electrons. The number of halogens is 1. The minimum absolute atomic E-state index is 0.182. The van der Waals surface area contributed by atoms with Crippen molar-refractivity contribution in [1.82, 2.24) is 4.31 Å². The Labute approximate surface area is 127 Å². The van der Waals surface area contributed by atoms with E-state index in [1.54, 1.807) is 31.2 Å². The standard InChI is InChI=1S/C13H18BrNO4S/c1-10-7-15(8-12(9-16)19-10)20(17,18)13-4-2-11(6-14)3-5-13/h2-5,10,12,16H,6-9H2,1H3. The molecule has 2 rings (SSSR count). The second-order valence-corrected chi connectivity index (χ2v) is 7.35. The number of nitrogens with zero attached hydrogens (tertiary/aromatic N) is 1. The van der Waals surface area contributed by atoms with E-state index in [-0.39, 0.29) is 24.2 Å². The molecule has 0 spiro atoms. The van der Waals surface area contributed by atoms with Crippen LogP contribution < -0.4 is 0 Å². The number of morpholine rings is 1. The number of hydrogen-bond acceptors (Lipinski definition) is 4. The fraction of sp³-hybridized carbons (Fsp3) is 0.538. The van der Waals surface area contributed by atoms with Gasteiger partial charge >= 0.3 is 0 Å². The molecule has 0 amide bonds. The van der Waals surface area contributed by atoms with Crippen molar-refractivity contribution in [1.29, 1.82) is 0 Å². The van der Waals surface area contributed by atoms with Gasteiger partial charge in [0.15, 0.2) is 0 Å². The average molecular weight is 364 g/mol. The minimum atomic E-state index is -3.54. The third kappa shape index (κ3) is 3.40. The number of sulfonamides is 1. The van der Waals surface area contributed by atoms with Gasteiger partial charge in [-0.25, -0.2) is 8.42 Å². The molecule has 0 aromatic heterocycles. The number of benzene rings is 1. The second-order valence-electron chi connectivity index (χ2n) is 4.85. The summed E-state index contributed by atoms with van der Waals surface area (Å²) in [5.41, 5.74) is 1.02. The van der Waals surface area contributed by atoms with Crippen molar-refractivity contribution in [3.05, 3.63) is 29.8 Å². The summed E-state index contributed by atoms with van der Waals surface area (Å²) in [5, 5.41) is 9.87. The van der Waals surface area contributed by atoms with Gasteiger partial charge in [-0.05, 0) is 24.6 Å². The van der Waals surface area contributed by atoms with Crippen molar-refractivity contribution in [3.8, 4) is 0 Å². The quantitative estimate of drug-likeness (QED) is 0.820. The van der Waals surface area contributed by atoms with Crippen LogP contribution in [0.2, 0.25) is 0 Å². The largest absolute Gasteiger partial charge is 0.394 e. The molecule has 0 bridgehead atoms. The molecule has 1 saturated heterocycles. The summed E-state index contributed by atoms with van der Waals surface area (Å²) in [6.45, 7) is 2.11. The molecule has 2 atom stereocenters. The smallest absolute Gasteiger partial charge is 0.243 e. The predicted octanol–water partition coefficient (Wildman–Crippen LogP) is 1.35. The normalized spacial score (nSPS) is 24.8. The van der Waals surface area contributed by atoms with E-state index < -0.39 is 16.1 Å². The summed E-state index contributed by atoms with van der Waals surface area (Å²) >= 11 is 3.33. The molecule has 1 aromatic rings. The highest BCUT2D eigenvalue weighted by Gasteiger charge is 2.33. The van der Waals surface area contributed by atoms with E-state index in [9.17, 15) is 13.5 Å². The van der Waals surface area contributed by atoms with Crippen LogP contribution in [0.4, 0.5) is 0 Å². The molecule has 20 heavy (non-hydrogen) atoms. The fourth-order valence-electron chi connectivity index (χ4n) is 2.20. The Bertz CT molecular complexity index is 546. The Balaban J connectivity index is 2.24. The molecule has 0 radical (unpaired) electrons. The number of aliphatic hydroxyl groups excluding tert-OH is 1. The second kappa shape index (κ2) is 6.53. The van der Waals surface area contributed by atoms with Crippen molar-refractivity contribution >= 4 is 26.0 Å². The molecule has 2 unspecified atom stereocenters. The number of rotatable bonds is 4. The lowest BCUT2D eigenvalue weighted by atomic mass is 10.2. The summed E-state index contributed by atoms with van der Waals surface area (Å²) in [6, 6.07) is 6.80. The molecule has 7 heteroatoms. The van der Waals surface area contributed by atoms with Crippen molar-refractivity contribution < 1.29 is 18.3 Å². The van der Waals surface area contributed by atoms with E-state index in [2.05, 4.69) is 15.9 Å². The SMILES string of the molecule is CC1CN(S(=O)(=O)c2ccc(CBr)cc2)CC(CO)O1. The molecule has 0 aliphatic carbocycles. The van der Waals surface area contributed by atoms with Crippen molar-refractivity contribution in [2.24, 2.45) is 0 Å². The van der Waals surface area contributed by atoms with Crippen molar-refractivity contribution in [3.63, 3.8) is 0 Å². The van der Waals surface area contributed by atoms with E-state index in [0.29, 0.717) is 11.9 Å². The summed E-state index contributed by atoms with van der Waals surface area (Å²) in [6.07, 6.45) is -0.687. The monoisotopic (exact) mass is 363 g/mol. The van der Waals surface area contributed by atoms with E-state index >= 15 is 0 Å². The van der Waals surface area contributed by atoms with Crippen LogP contribution in [0.15, 0.2) is 29.2 Å². The molecule has 1 aliphatic rings. The van der Waals surface area contributed by atoms with Crippen LogP contribution in [0.3, 0.4) is 0 Å². The van der Waals surface area contributed by atoms with E-state index in [0.717, 1.165) is 5.56 Å². The summed E-state index contributed by atoms with van der Waals surface area (Å²) in [7, 11) is -3.54. The van der Waals surface area contributed by atoms with Crippen LogP contribution in [0.25, 0.3) is 0 Å². The molecule has 1 N–H and O–H groups in total. The van der Waals surface area contributed by atoms with Gasteiger partial charge in [-0.2, -0.15) is 4.31 Å². The Kier molecular flexibility index (Phi) is 5.19. The zero-order chi connectivity index (χ0) is 14.8. The Morgan fingerprint density at radius 2 is 2.00 bits per heavy atom. The third-order valence-corrected chi connectivity index (χ3v) is 5.71. The predicted molar refractivity (Wildman–Crippen MR) is 79.3 cm³/mol. The first-order chi connectivity index (χ1) is 9.47. The van der Waals surface area contributed by atoms with Gasteiger partial charge in [-0.1, -0.05) is 28.1 Å². The first-order valence-electron chi connectivity index (χ1n) is 6.38. The van der Waals surface area contributed by atoms with Gasteiger partial charge in [0.1, 0.15) is 0 Å². The lowest BCUT2D eigenvalue weighted by molar-refractivity contribution is -0.0750. The van der Waals surface area contributed by atoms with Gasteiger partial charge in [0.2, 0.25) is 10.0 Å². The van der Waals surface area contributed by atoms with Crippen LogP contribution in [-0.2, 0) is 20.1 Å². The zero-order valence-corrected chi connectivity index (χ0v) is 13.6. The molecule has 1 aromatic carbocycles. The van der Waals surface area contributed by atoms with Gasteiger partial charge in [0.05, 0.1) is 23.7 Å². The molecule has 5 nitrogen and oxygen atoms in total. The van der Waals surface area contributed by atoms with Crippen LogP contribution in [-0.4, -0.2) is 49.7 Å². The van der Waals surface area contributed by atoms with Crippen LogP contribution in [0, 0.1) is 0 Å². The zero-order valence-electron chi connectivity index (χ0n) is 11.2. The molecule has 1 aliphatic heterocycles. The van der Waals surface area contributed by atoms with Crippen LogP contribution in [0.5, 0.6) is 0 Å². The van der Waals surface area contributed by atoms with Gasteiger partial charge in [-0.3, -0.25) is 0 Å². The Morgan fingerprint density at radius 1 is 1.35 bits per heavy atom. The average Bonchev–Trinajstić information content (AvgIpc) is 2.46. The summed E-state index contributed by atoms with van der Waals surface area (Å²) in [5.74, 6) is 0. The maximum absolute atomic E-state index is 12.6. The van der Waals surface area contributed by atoms with E-state index in [1.807, 2.05) is 0 Å². The molecular formula is C13H18BrNO4S. The highest BCUT2D eigenvalue weighted by molar-refractivity contribution is 9.08. The molecular weight excluding hydrogens is 346 g/mol. The highest BCUT2D eigenvalue weighted by atomic mass is 79.9. The topological polar surface area (TPSA) is 66.8 Å². The van der Waals surface area contributed by atoms with Gasteiger partial charge in [0, 0.05) is 18.4 Å². The maximum Gasteiger partial charge on any atom is 0.243 e. The first kappa shape index (κ1) is 15.9. The maximum atomic E-state index is 12.6. The number of alkyl halides is 1. The number of ether oxygens (including phenoxy) is 1. The Morgan fingerprint density at radius 3 is 2.55 bits per heavy atom. The number of aliphatic hydroxyl groups is 1. The lowest BCUT2D eigenvalue weighted by Gasteiger charge is -2.35. The molecule has 1 fully saturated rings. The van der Waals surface area contributed by atoms with Crippen LogP contribution in [0.1, 0.15) is 12.5 Å². The van der Waals surface area contributed by atoms with Crippen molar-refractivity contribution in [2.45, 2.75) is 29.4 Å².